The van der Waals surface area contributed by atoms with Gasteiger partial charge < -0.3 is 9.80 Å². The SMILES string of the molecule is C[Si]1(C)c2ccccc2N(c2cc(-c3nc(-c4ccccn4)nc(-c4ccccn4)n3)cc3c(N4c5ccccc5[Si](C)(C)c5ccccc54)cc(-c4nc(-c5ccccn5)nc(-c5ccccn5)n4)cc23)c2ccccc21. The van der Waals surface area contributed by atoms with E-state index in [4.69, 9.17) is 49.8 Å². The van der Waals surface area contributed by atoms with E-state index in [1.54, 1.807) is 24.8 Å². The van der Waals surface area contributed by atoms with Crippen molar-refractivity contribution in [3.63, 3.8) is 0 Å². The fourth-order valence-electron chi connectivity index (χ4n) is 11.4. The van der Waals surface area contributed by atoms with Gasteiger partial charge in [0.2, 0.25) is 0 Å². The molecule has 78 heavy (non-hydrogen) atoms. The molecule has 0 saturated heterocycles. The Balaban J connectivity index is 1.15. The fourth-order valence-corrected chi connectivity index (χ4v) is 17.3. The van der Waals surface area contributed by atoms with Gasteiger partial charge in [-0.05, 0) is 118 Å². The van der Waals surface area contributed by atoms with Gasteiger partial charge in [0, 0.05) is 69.4 Å². The second kappa shape index (κ2) is 18.5. The number of anilines is 6. The summed E-state index contributed by atoms with van der Waals surface area (Å²) in [6.07, 6.45) is 7.04. The summed E-state index contributed by atoms with van der Waals surface area (Å²) in [5, 5.41) is 7.23. The van der Waals surface area contributed by atoms with Crippen LogP contribution in [0.25, 0.3) is 79.6 Å². The van der Waals surface area contributed by atoms with Crippen molar-refractivity contribution in [2.45, 2.75) is 26.2 Å². The van der Waals surface area contributed by atoms with E-state index in [0.29, 0.717) is 57.7 Å². The Morgan fingerprint density at radius 2 is 0.526 bits per heavy atom. The monoisotopic (exact) mass is 1040 g/mol. The fraction of sp³-hybridized carbons (Fsp3) is 0.0625. The van der Waals surface area contributed by atoms with Gasteiger partial charge in [-0.3, -0.25) is 19.9 Å². The highest BCUT2D eigenvalue weighted by Gasteiger charge is 2.41. The van der Waals surface area contributed by atoms with Crippen LogP contribution in [0.15, 0.2) is 219 Å². The number of benzene rings is 6. The van der Waals surface area contributed by atoms with E-state index in [2.05, 4.69) is 157 Å². The highest BCUT2D eigenvalue weighted by Crippen LogP contribution is 2.49. The first-order valence-corrected chi connectivity index (χ1v) is 32.0. The molecule has 8 heterocycles. The Morgan fingerprint density at radius 3 is 0.795 bits per heavy atom. The molecule has 6 aromatic carbocycles. The normalized spacial score (nSPS) is 13.8. The van der Waals surface area contributed by atoms with Crippen LogP contribution < -0.4 is 30.5 Å². The van der Waals surface area contributed by atoms with Crippen molar-refractivity contribution in [3.8, 4) is 68.8 Å². The predicted octanol–water partition coefficient (Wildman–Crippen LogP) is 12.0. The average Bonchev–Trinajstić information content (AvgIpc) is 3.68. The molecule has 0 saturated carbocycles. The maximum absolute atomic E-state index is 5.31. The third-order valence-electron chi connectivity index (χ3n) is 15.1. The molecular weight excluding hydrogens is 993 g/mol. The van der Waals surface area contributed by atoms with E-state index in [1.165, 1.54) is 20.7 Å². The van der Waals surface area contributed by atoms with Gasteiger partial charge in [-0.2, -0.15) is 0 Å². The van der Waals surface area contributed by atoms with Crippen LogP contribution >= 0.6 is 0 Å². The number of pyridine rings is 4. The zero-order valence-corrected chi connectivity index (χ0v) is 45.2. The van der Waals surface area contributed by atoms with Gasteiger partial charge in [0.15, 0.2) is 34.9 Å². The first-order chi connectivity index (χ1) is 38.2. The first-order valence-electron chi connectivity index (χ1n) is 26.0. The number of nitrogens with zero attached hydrogens (tertiary/aromatic N) is 12. The molecule has 0 aliphatic carbocycles. The van der Waals surface area contributed by atoms with E-state index < -0.39 is 16.1 Å². The van der Waals surface area contributed by atoms with Crippen molar-refractivity contribution in [1.29, 1.82) is 0 Å². The molecule has 0 radical (unpaired) electrons. The van der Waals surface area contributed by atoms with E-state index in [-0.39, 0.29) is 0 Å². The highest BCUT2D eigenvalue weighted by molar-refractivity contribution is 7.03. The molecule has 0 amide bonds. The molecule has 2 aliphatic rings. The number of rotatable bonds is 8. The minimum Gasteiger partial charge on any atom is -0.310 e. The van der Waals surface area contributed by atoms with Crippen LogP contribution in [0.1, 0.15) is 0 Å². The van der Waals surface area contributed by atoms with Crippen LogP contribution in [-0.2, 0) is 0 Å². The van der Waals surface area contributed by atoms with Crippen molar-refractivity contribution in [2.75, 3.05) is 9.80 Å². The van der Waals surface area contributed by atoms with E-state index in [1.807, 2.05) is 72.8 Å². The minimum atomic E-state index is -2.24. The summed E-state index contributed by atoms with van der Waals surface area (Å²) in [6, 6.07) is 67.6. The standard InChI is InChI=1S/C64H48N12Si2/c1-77(2)55-29-9-5-25-49(55)75(50-26-6-10-30-56(50)77)53-39-41(59-69-61(45-21-13-17-33-65-45)73-62(70-59)46-22-14-18-34-66-46)38-44-43(53)37-42(60-71-63(47-23-15-19-35-67-47)74-64(72-60)48-24-16-20-36-68-48)40-54(44)76-51-27-7-11-31-57(51)78(3,4)58-32-12-8-28-52(58)76/h5-40H,1-4H3. The number of aromatic nitrogens is 10. The molecule has 2 aliphatic heterocycles. The molecule has 12 nitrogen and oxygen atoms in total. The zero-order chi connectivity index (χ0) is 52.5. The Labute approximate surface area is 453 Å². The van der Waals surface area contributed by atoms with Crippen LogP contribution in [0.2, 0.25) is 26.2 Å². The van der Waals surface area contributed by atoms with Crippen molar-refractivity contribution in [3.05, 3.63) is 219 Å². The summed E-state index contributed by atoms with van der Waals surface area (Å²) in [6.45, 7) is 9.80. The van der Waals surface area contributed by atoms with Crippen molar-refractivity contribution in [1.82, 2.24) is 49.8 Å². The molecule has 12 aromatic rings. The topological polar surface area (TPSA) is 135 Å². The number of para-hydroxylation sites is 4. The largest absolute Gasteiger partial charge is 0.310 e. The summed E-state index contributed by atoms with van der Waals surface area (Å²) in [5.74, 6) is 2.70. The van der Waals surface area contributed by atoms with Crippen LogP contribution in [0.5, 0.6) is 0 Å². The second-order valence-electron chi connectivity index (χ2n) is 20.5. The second-order valence-corrected chi connectivity index (χ2v) is 29.2. The smallest absolute Gasteiger partial charge is 0.182 e. The zero-order valence-electron chi connectivity index (χ0n) is 43.2. The van der Waals surface area contributed by atoms with Crippen LogP contribution in [0.3, 0.4) is 0 Å². The summed E-state index contributed by atoms with van der Waals surface area (Å²) in [5.41, 5.74) is 10.4. The summed E-state index contributed by atoms with van der Waals surface area (Å²) in [7, 11) is -4.49. The van der Waals surface area contributed by atoms with Gasteiger partial charge in [-0.25, -0.2) is 29.9 Å². The molecule has 14 rings (SSSR count). The van der Waals surface area contributed by atoms with Crippen LogP contribution in [0, 0.1) is 0 Å². The van der Waals surface area contributed by atoms with Gasteiger partial charge in [0.1, 0.15) is 38.9 Å². The van der Waals surface area contributed by atoms with Crippen LogP contribution in [-0.4, -0.2) is 66.0 Å². The van der Waals surface area contributed by atoms with E-state index in [9.17, 15) is 0 Å². The van der Waals surface area contributed by atoms with Crippen molar-refractivity contribution in [2.24, 2.45) is 0 Å². The lowest BCUT2D eigenvalue weighted by Crippen LogP contribution is -2.58. The van der Waals surface area contributed by atoms with Crippen molar-refractivity contribution < 1.29 is 0 Å². The van der Waals surface area contributed by atoms with Gasteiger partial charge in [0.05, 0.1) is 11.4 Å². The maximum Gasteiger partial charge on any atom is 0.182 e. The summed E-state index contributed by atoms with van der Waals surface area (Å²) in [4.78, 5) is 55.1. The molecule has 0 unspecified atom stereocenters. The van der Waals surface area contributed by atoms with Gasteiger partial charge >= 0.3 is 0 Å². The number of hydrogen-bond donors (Lipinski definition) is 0. The molecule has 0 N–H and O–H groups in total. The quantitative estimate of drug-likeness (QED) is 0.134. The molecule has 0 atom stereocenters. The van der Waals surface area contributed by atoms with Gasteiger partial charge in [-0.15, -0.1) is 0 Å². The highest BCUT2D eigenvalue weighted by atomic mass is 28.3. The predicted molar refractivity (Wildman–Crippen MR) is 317 cm³/mol. The third-order valence-corrected chi connectivity index (χ3v) is 22.2. The summed E-state index contributed by atoms with van der Waals surface area (Å²) < 4.78 is 0. The molecule has 14 heteroatoms. The first kappa shape index (κ1) is 46.7. The van der Waals surface area contributed by atoms with E-state index >= 15 is 0 Å². The van der Waals surface area contributed by atoms with Crippen molar-refractivity contribution >= 4 is 81.8 Å². The Bertz CT molecular complexity index is 3810. The maximum atomic E-state index is 5.31. The molecule has 6 aromatic heterocycles. The molecule has 0 fully saturated rings. The molecular formula is C64H48N12Si2. The van der Waals surface area contributed by atoms with E-state index in [0.717, 1.165) is 56.0 Å². The average molecular weight is 1040 g/mol. The number of fused-ring (bicyclic) bond motifs is 5. The molecule has 0 spiro atoms. The Kier molecular flexibility index (Phi) is 11.1. The summed E-state index contributed by atoms with van der Waals surface area (Å²) >= 11 is 0. The Hall–Kier alpha value is -9.77. The lowest BCUT2D eigenvalue weighted by Gasteiger charge is -2.42. The lowest BCUT2D eigenvalue weighted by molar-refractivity contribution is 1.04. The minimum absolute atomic E-state index is 0.438. The van der Waals surface area contributed by atoms with Crippen LogP contribution in [0.4, 0.5) is 34.1 Å². The Morgan fingerprint density at radius 1 is 0.269 bits per heavy atom. The van der Waals surface area contributed by atoms with Gasteiger partial charge in [0.25, 0.3) is 0 Å². The lowest BCUT2D eigenvalue weighted by atomic mass is 9.96. The third kappa shape index (κ3) is 7.79. The number of hydrogen-bond acceptors (Lipinski definition) is 12. The molecule has 0 bridgehead atoms. The molecule has 372 valence electrons. The van der Waals surface area contributed by atoms with Gasteiger partial charge in [-0.1, -0.05) is 123 Å².